The number of amides is 3. The number of carbonyl (C=O) groups is 2. The molecule has 0 unspecified atom stereocenters. The standard InChI is InChI=1S/C8H15N3O2/c1-5-4-6(5)7(12)9-10-8(13)11(2)3/h5-6H,4H2,1-3H3,(H,9,12)(H,10,13)/t5-,6-/m1/s1. The fourth-order valence-electron chi connectivity index (χ4n) is 1.01. The third kappa shape index (κ3) is 2.61. The Bertz CT molecular complexity index is 227. The highest BCUT2D eigenvalue weighted by Gasteiger charge is 2.39. The molecule has 0 spiro atoms. The maximum Gasteiger partial charge on any atom is 0.335 e. The summed E-state index contributed by atoms with van der Waals surface area (Å²) < 4.78 is 0. The number of hydrogen-bond acceptors (Lipinski definition) is 2. The summed E-state index contributed by atoms with van der Waals surface area (Å²) in [4.78, 5) is 23.5. The largest absolute Gasteiger partial charge is 0.335 e. The van der Waals surface area contributed by atoms with Crippen molar-refractivity contribution in [3.8, 4) is 0 Å². The molecule has 2 N–H and O–H groups in total. The Hall–Kier alpha value is -1.26. The maximum atomic E-state index is 11.2. The first kappa shape index (κ1) is 9.83. The zero-order chi connectivity index (χ0) is 10.0. The molecule has 0 heterocycles. The molecule has 1 aliphatic rings. The fraction of sp³-hybridized carbons (Fsp3) is 0.750. The van der Waals surface area contributed by atoms with Crippen LogP contribution in [0.5, 0.6) is 0 Å². The van der Waals surface area contributed by atoms with Crippen LogP contribution in [0.2, 0.25) is 0 Å². The van der Waals surface area contributed by atoms with Crippen LogP contribution in [-0.2, 0) is 4.79 Å². The molecule has 5 heteroatoms. The van der Waals surface area contributed by atoms with E-state index in [4.69, 9.17) is 0 Å². The van der Waals surface area contributed by atoms with Crippen LogP contribution in [-0.4, -0.2) is 30.9 Å². The van der Waals surface area contributed by atoms with E-state index in [1.54, 1.807) is 14.1 Å². The highest BCUT2D eigenvalue weighted by molar-refractivity contribution is 5.84. The summed E-state index contributed by atoms with van der Waals surface area (Å²) in [5.41, 5.74) is 4.69. The molecule has 0 bridgehead atoms. The monoisotopic (exact) mass is 185 g/mol. The minimum atomic E-state index is -0.318. The second kappa shape index (κ2) is 3.64. The number of urea groups is 1. The molecule has 13 heavy (non-hydrogen) atoms. The topological polar surface area (TPSA) is 61.4 Å². The van der Waals surface area contributed by atoms with Crippen molar-refractivity contribution in [2.75, 3.05) is 14.1 Å². The zero-order valence-electron chi connectivity index (χ0n) is 8.13. The van der Waals surface area contributed by atoms with Gasteiger partial charge in [0.1, 0.15) is 0 Å². The number of hydrazine groups is 1. The van der Waals surface area contributed by atoms with Gasteiger partial charge in [-0.1, -0.05) is 6.92 Å². The predicted molar refractivity (Wildman–Crippen MR) is 47.6 cm³/mol. The van der Waals surface area contributed by atoms with Gasteiger partial charge in [-0.25, -0.2) is 10.2 Å². The van der Waals surface area contributed by atoms with Crippen LogP contribution in [0.25, 0.3) is 0 Å². The predicted octanol–water partition coefficient (Wildman–Crippen LogP) is -0.0552. The van der Waals surface area contributed by atoms with Crippen LogP contribution in [0, 0.1) is 11.8 Å². The molecule has 0 radical (unpaired) electrons. The van der Waals surface area contributed by atoms with Crippen molar-refractivity contribution < 1.29 is 9.59 Å². The molecule has 0 aromatic carbocycles. The van der Waals surface area contributed by atoms with E-state index < -0.39 is 0 Å². The van der Waals surface area contributed by atoms with Crippen LogP contribution in [0.4, 0.5) is 4.79 Å². The lowest BCUT2D eigenvalue weighted by Gasteiger charge is -2.12. The van der Waals surface area contributed by atoms with Crippen molar-refractivity contribution >= 4 is 11.9 Å². The van der Waals surface area contributed by atoms with Gasteiger partial charge in [0.05, 0.1) is 0 Å². The molecule has 0 saturated heterocycles. The number of nitrogens with zero attached hydrogens (tertiary/aromatic N) is 1. The first-order chi connectivity index (χ1) is 6.02. The van der Waals surface area contributed by atoms with Gasteiger partial charge in [-0.3, -0.25) is 10.2 Å². The van der Waals surface area contributed by atoms with Crippen LogP contribution in [0.1, 0.15) is 13.3 Å². The summed E-state index contributed by atoms with van der Waals surface area (Å²) in [6.45, 7) is 2.01. The Morgan fingerprint density at radius 2 is 1.85 bits per heavy atom. The molecule has 0 aliphatic heterocycles. The van der Waals surface area contributed by atoms with Gasteiger partial charge in [-0.05, 0) is 12.3 Å². The highest BCUT2D eigenvalue weighted by Crippen LogP contribution is 2.37. The van der Waals surface area contributed by atoms with Crippen LogP contribution in [0.15, 0.2) is 0 Å². The third-order valence-electron chi connectivity index (χ3n) is 2.15. The molecule has 0 aromatic rings. The Morgan fingerprint density at radius 3 is 2.23 bits per heavy atom. The summed E-state index contributed by atoms with van der Waals surface area (Å²) in [6.07, 6.45) is 0.920. The van der Waals surface area contributed by atoms with Crippen molar-refractivity contribution in [2.45, 2.75) is 13.3 Å². The maximum absolute atomic E-state index is 11.2. The molecule has 3 amide bonds. The van der Waals surface area contributed by atoms with E-state index in [0.29, 0.717) is 5.92 Å². The number of hydrogen-bond donors (Lipinski definition) is 2. The average molecular weight is 185 g/mol. The molecule has 1 aliphatic carbocycles. The molecular weight excluding hydrogens is 170 g/mol. The molecular formula is C8H15N3O2. The van der Waals surface area contributed by atoms with Crippen molar-refractivity contribution in [1.29, 1.82) is 0 Å². The summed E-state index contributed by atoms with van der Waals surface area (Å²) in [7, 11) is 3.22. The minimum Gasteiger partial charge on any atom is -0.330 e. The summed E-state index contributed by atoms with van der Waals surface area (Å²) in [6, 6.07) is -0.318. The Kier molecular flexibility index (Phi) is 2.75. The fourth-order valence-corrected chi connectivity index (χ4v) is 1.01. The van der Waals surface area contributed by atoms with Gasteiger partial charge in [0.2, 0.25) is 5.91 Å². The first-order valence-corrected chi connectivity index (χ1v) is 4.29. The van der Waals surface area contributed by atoms with E-state index in [-0.39, 0.29) is 17.9 Å². The first-order valence-electron chi connectivity index (χ1n) is 4.29. The summed E-state index contributed by atoms with van der Waals surface area (Å²) in [5.74, 6) is 0.446. The van der Waals surface area contributed by atoms with Gasteiger partial charge in [0.15, 0.2) is 0 Å². The highest BCUT2D eigenvalue weighted by atomic mass is 16.2. The Balaban J connectivity index is 2.19. The number of rotatable bonds is 1. The van der Waals surface area contributed by atoms with Gasteiger partial charge >= 0.3 is 6.03 Å². The third-order valence-corrected chi connectivity index (χ3v) is 2.15. The summed E-state index contributed by atoms with van der Waals surface area (Å²) in [5, 5.41) is 0. The second-order valence-electron chi connectivity index (χ2n) is 3.63. The van der Waals surface area contributed by atoms with Gasteiger partial charge in [0, 0.05) is 20.0 Å². The quantitative estimate of drug-likeness (QED) is 0.562. The Labute approximate surface area is 77.4 Å². The van der Waals surface area contributed by atoms with Crippen molar-refractivity contribution in [3.05, 3.63) is 0 Å². The van der Waals surface area contributed by atoms with Gasteiger partial charge in [-0.15, -0.1) is 0 Å². The summed E-state index contributed by atoms with van der Waals surface area (Å²) >= 11 is 0. The Morgan fingerprint density at radius 1 is 1.31 bits per heavy atom. The lowest BCUT2D eigenvalue weighted by Crippen LogP contribution is -2.47. The van der Waals surface area contributed by atoms with Crippen molar-refractivity contribution in [3.63, 3.8) is 0 Å². The van der Waals surface area contributed by atoms with Crippen molar-refractivity contribution in [1.82, 2.24) is 15.8 Å². The van der Waals surface area contributed by atoms with Crippen LogP contribution in [0.3, 0.4) is 0 Å². The molecule has 1 rings (SSSR count). The van der Waals surface area contributed by atoms with Gasteiger partial charge in [-0.2, -0.15) is 0 Å². The van der Waals surface area contributed by atoms with E-state index in [2.05, 4.69) is 10.9 Å². The lowest BCUT2D eigenvalue weighted by molar-refractivity contribution is -0.123. The number of nitrogens with one attached hydrogen (secondary N) is 2. The van der Waals surface area contributed by atoms with E-state index in [0.717, 1.165) is 6.42 Å². The van der Waals surface area contributed by atoms with E-state index in [9.17, 15) is 9.59 Å². The van der Waals surface area contributed by atoms with E-state index in [1.165, 1.54) is 4.90 Å². The number of carbonyl (C=O) groups excluding carboxylic acids is 2. The molecule has 0 aromatic heterocycles. The zero-order valence-corrected chi connectivity index (χ0v) is 8.13. The van der Waals surface area contributed by atoms with Gasteiger partial charge in [0.25, 0.3) is 0 Å². The van der Waals surface area contributed by atoms with Gasteiger partial charge < -0.3 is 4.90 Å². The molecule has 2 atom stereocenters. The van der Waals surface area contributed by atoms with E-state index in [1.807, 2.05) is 6.92 Å². The van der Waals surface area contributed by atoms with Crippen LogP contribution < -0.4 is 10.9 Å². The molecule has 1 fully saturated rings. The average Bonchev–Trinajstić information content (AvgIpc) is 2.77. The normalized spacial score (nSPS) is 24.8. The minimum absolute atomic E-state index is 0.0856. The molecule has 1 saturated carbocycles. The molecule has 5 nitrogen and oxygen atoms in total. The second-order valence-corrected chi connectivity index (χ2v) is 3.63. The SMILES string of the molecule is C[C@@H]1C[C@H]1C(=O)NNC(=O)N(C)C. The molecule has 74 valence electrons. The van der Waals surface area contributed by atoms with Crippen molar-refractivity contribution in [2.24, 2.45) is 11.8 Å². The van der Waals surface area contributed by atoms with E-state index >= 15 is 0 Å². The van der Waals surface area contributed by atoms with Crippen LogP contribution >= 0.6 is 0 Å². The lowest BCUT2D eigenvalue weighted by atomic mass is 10.3. The smallest absolute Gasteiger partial charge is 0.330 e.